The third kappa shape index (κ3) is 4.96. The van der Waals surface area contributed by atoms with Crippen molar-refractivity contribution in [1.82, 2.24) is 15.2 Å². The van der Waals surface area contributed by atoms with Crippen LogP contribution in [-0.4, -0.2) is 59.5 Å². The Morgan fingerprint density at radius 1 is 1.24 bits per heavy atom. The van der Waals surface area contributed by atoms with Crippen LogP contribution in [0.15, 0.2) is 42.6 Å². The maximum absolute atomic E-state index is 12.3. The molecule has 4 rings (SSSR count). The largest absolute Gasteiger partial charge is 0.486 e. The van der Waals surface area contributed by atoms with E-state index in [0.29, 0.717) is 44.2 Å². The van der Waals surface area contributed by atoms with Gasteiger partial charge in [0.25, 0.3) is 0 Å². The highest BCUT2D eigenvalue weighted by molar-refractivity contribution is 5.67. The number of rotatable bonds is 5. The number of aliphatic hydroxyl groups excluding tert-OH is 1. The van der Waals surface area contributed by atoms with Crippen LogP contribution in [0.1, 0.15) is 17.7 Å². The zero-order valence-corrected chi connectivity index (χ0v) is 16.1. The van der Waals surface area contributed by atoms with Crippen molar-refractivity contribution in [2.24, 2.45) is 0 Å². The molecule has 154 valence electrons. The van der Waals surface area contributed by atoms with E-state index in [1.165, 1.54) is 0 Å². The van der Waals surface area contributed by atoms with Crippen molar-refractivity contribution in [2.75, 3.05) is 26.3 Å². The number of aliphatic hydroxyl groups is 1. The SMILES string of the molecule is O=C(OCc1ccccc1)N1CC[C@@H](NCc2cc3c(cn2)OCCO3)[C@H](O)C1. The van der Waals surface area contributed by atoms with Gasteiger partial charge in [-0.2, -0.15) is 0 Å². The number of fused-ring (bicyclic) bond motifs is 1. The summed E-state index contributed by atoms with van der Waals surface area (Å²) >= 11 is 0. The summed E-state index contributed by atoms with van der Waals surface area (Å²) in [5.74, 6) is 1.35. The van der Waals surface area contributed by atoms with E-state index in [2.05, 4.69) is 10.3 Å². The number of aromatic nitrogens is 1. The van der Waals surface area contributed by atoms with Crippen molar-refractivity contribution >= 4 is 6.09 Å². The topological polar surface area (TPSA) is 93.2 Å². The fourth-order valence-corrected chi connectivity index (χ4v) is 3.47. The number of carbonyl (C=O) groups is 1. The first-order chi connectivity index (χ1) is 14.2. The molecule has 0 unspecified atom stereocenters. The average molecular weight is 399 g/mol. The summed E-state index contributed by atoms with van der Waals surface area (Å²) in [5.41, 5.74) is 1.75. The number of hydrogen-bond donors (Lipinski definition) is 2. The van der Waals surface area contributed by atoms with E-state index in [-0.39, 0.29) is 19.2 Å². The van der Waals surface area contributed by atoms with Crippen LogP contribution in [0.3, 0.4) is 0 Å². The normalized spacial score (nSPS) is 20.9. The fourth-order valence-electron chi connectivity index (χ4n) is 3.47. The summed E-state index contributed by atoms with van der Waals surface area (Å²) in [6.07, 6.45) is 1.21. The molecule has 3 heterocycles. The molecule has 2 N–H and O–H groups in total. The number of nitrogens with one attached hydrogen (secondary N) is 1. The van der Waals surface area contributed by atoms with Gasteiger partial charge >= 0.3 is 6.09 Å². The molecule has 1 amide bonds. The highest BCUT2D eigenvalue weighted by atomic mass is 16.6. The molecule has 29 heavy (non-hydrogen) atoms. The third-order valence-corrected chi connectivity index (χ3v) is 5.08. The molecule has 1 saturated heterocycles. The molecule has 0 radical (unpaired) electrons. The van der Waals surface area contributed by atoms with Crippen LogP contribution >= 0.6 is 0 Å². The molecule has 1 aromatic carbocycles. The Morgan fingerprint density at radius 2 is 2.03 bits per heavy atom. The Labute approximate surface area is 169 Å². The van der Waals surface area contributed by atoms with Crippen LogP contribution in [0.5, 0.6) is 11.5 Å². The van der Waals surface area contributed by atoms with Gasteiger partial charge < -0.3 is 29.5 Å². The zero-order valence-electron chi connectivity index (χ0n) is 16.1. The monoisotopic (exact) mass is 399 g/mol. The number of nitrogens with zero attached hydrogens (tertiary/aromatic N) is 2. The molecule has 1 fully saturated rings. The van der Waals surface area contributed by atoms with Gasteiger partial charge in [0, 0.05) is 25.2 Å². The Balaban J connectivity index is 1.24. The highest BCUT2D eigenvalue weighted by Crippen LogP contribution is 2.29. The van der Waals surface area contributed by atoms with Gasteiger partial charge in [0.2, 0.25) is 0 Å². The maximum atomic E-state index is 12.3. The minimum absolute atomic E-state index is 0.122. The van der Waals surface area contributed by atoms with Gasteiger partial charge in [0.05, 0.1) is 24.5 Å². The summed E-state index contributed by atoms with van der Waals surface area (Å²) in [4.78, 5) is 18.2. The second kappa shape index (κ2) is 9.11. The summed E-state index contributed by atoms with van der Waals surface area (Å²) < 4.78 is 16.4. The van der Waals surface area contributed by atoms with E-state index in [1.54, 1.807) is 11.1 Å². The summed E-state index contributed by atoms with van der Waals surface area (Å²) in [7, 11) is 0. The van der Waals surface area contributed by atoms with E-state index in [9.17, 15) is 9.90 Å². The van der Waals surface area contributed by atoms with E-state index < -0.39 is 12.2 Å². The Kier molecular flexibility index (Phi) is 6.12. The number of pyridine rings is 1. The molecule has 0 spiro atoms. The lowest BCUT2D eigenvalue weighted by atomic mass is 10.0. The standard InChI is InChI=1S/C21H25N3O5/c25-18-13-24(21(26)29-14-15-4-2-1-3-5-15)7-6-17(18)23-11-16-10-19-20(12-22-16)28-9-8-27-19/h1-5,10,12,17-18,23,25H,6-9,11,13-14H2/t17-,18-/m1/s1. The predicted octanol–water partition coefficient (Wildman–Crippen LogP) is 1.71. The molecule has 0 bridgehead atoms. The fraction of sp³-hybridized carbons (Fsp3) is 0.429. The van der Waals surface area contributed by atoms with Gasteiger partial charge in [0.15, 0.2) is 11.5 Å². The summed E-state index contributed by atoms with van der Waals surface area (Å²) in [5, 5.41) is 13.8. The smallest absolute Gasteiger partial charge is 0.410 e. The van der Waals surface area contributed by atoms with Gasteiger partial charge in [-0.25, -0.2) is 4.79 Å². The molecule has 0 saturated carbocycles. The number of β-amino-alcohol motifs (C(OH)–C–C–N with tert-alkyl or cyclic N) is 1. The second-order valence-corrected chi connectivity index (χ2v) is 7.15. The number of ether oxygens (including phenoxy) is 3. The van der Waals surface area contributed by atoms with Crippen molar-refractivity contribution in [3.05, 3.63) is 53.9 Å². The summed E-state index contributed by atoms with van der Waals surface area (Å²) in [6, 6.07) is 11.3. The molecule has 2 aliphatic rings. The zero-order chi connectivity index (χ0) is 20.1. The van der Waals surface area contributed by atoms with Crippen LogP contribution in [-0.2, 0) is 17.9 Å². The van der Waals surface area contributed by atoms with Gasteiger partial charge in [-0.1, -0.05) is 30.3 Å². The van der Waals surface area contributed by atoms with Crippen LogP contribution in [0, 0.1) is 0 Å². The molecular weight excluding hydrogens is 374 g/mol. The first kappa shape index (κ1) is 19.5. The molecule has 0 aliphatic carbocycles. The van der Waals surface area contributed by atoms with Crippen molar-refractivity contribution < 1.29 is 24.1 Å². The molecule has 8 heteroatoms. The molecule has 1 aromatic heterocycles. The lowest BCUT2D eigenvalue weighted by Gasteiger charge is -2.35. The molecule has 2 aromatic rings. The average Bonchev–Trinajstić information content (AvgIpc) is 2.77. The van der Waals surface area contributed by atoms with Crippen LogP contribution in [0.4, 0.5) is 4.79 Å². The van der Waals surface area contributed by atoms with Gasteiger partial charge in [-0.15, -0.1) is 0 Å². The Morgan fingerprint density at radius 3 is 2.83 bits per heavy atom. The first-order valence-corrected chi connectivity index (χ1v) is 9.80. The predicted molar refractivity (Wildman–Crippen MR) is 105 cm³/mol. The van der Waals surface area contributed by atoms with Gasteiger partial charge in [-0.05, 0) is 12.0 Å². The Hall–Kier alpha value is -2.84. The van der Waals surface area contributed by atoms with E-state index >= 15 is 0 Å². The van der Waals surface area contributed by atoms with Crippen molar-refractivity contribution in [2.45, 2.75) is 31.7 Å². The van der Waals surface area contributed by atoms with Crippen molar-refractivity contribution in [3.63, 3.8) is 0 Å². The van der Waals surface area contributed by atoms with Gasteiger partial charge in [-0.3, -0.25) is 4.98 Å². The number of carbonyl (C=O) groups excluding carboxylic acids is 1. The number of piperidine rings is 1. The van der Waals surface area contributed by atoms with E-state index in [1.807, 2.05) is 36.4 Å². The lowest BCUT2D eigenvalue weighted by molar-refractivity contribution is 0.0269. The quantitative estimate of drug-likeness (QED) is 0.791. The number of benzene rings is 1. The van der Waals surface area contributed by atoms with Crippen molar-refractivity contribution in [1.29, 1.82) is 0 Å². The maximum Gasteiger partial charge on any atom is 0.410 e. The molecule has 8 nitrogen and oxygen atoms in total. The summed E-state index contributed by atoms with van der Waals surface area (Å²) in [6.45, 7) is 2.55. The Bertz CT molecular complexity index is 832. The van der Waals surface area contributed by atoms with E-state index in [0.717, 1.165) is 11.3 Å². The number of amides is 1. The third-order valence-electron chi connectivity index (χ3n) is 5.08. The second-order valence-electron chi connectivity index (χ2n) is 7.15. The minimum atomic E-state index is -0.676. The molecular formula is C21H25N3O5. The van der Waals surface area contributed by atoms with Crippen molar-refractivity contribution in [3.8, 4) is 11.5 Å². The van der Waals surface area contributed by atoms with Crippen LogP contribution in [0.2, 0.25) is 0 Å². The number of likely N-dealkylation sites (tertiary alicyclic amines) is 1. The molecule has 2 aliphatic heterocycles. The first-order valence-electron chi connectivity index (χ1n) is 9.80. The van der Waals surface area contributed by atoms with E-state index in [4.69, 9.17) is 14.2 Å². The highest BCUT2D eigenvalue weighted by Gasteiger charge is 2.30. The number of hydrogen-bond acceptors (Lipinski definition) is 7. The minimum Gasteiger partial charge on any atom is -0.486 e. The van der Waals surface area contributed by atoms with Gasteiger partial charge in [0.1, 0.15) is 19.8 Å². The lowest BCUT2D eigenvalue weighted by Crippen LogP contribution is -2.54. The van der Waals surface area contributed by atoms with Crippen LogP contribution < -0.4 is 14.8 Å². The van der Waals surface area contributed by atoms with Crippen LogP contribution in [0.25, 0.3) is 0 Å². The molecule has 2 atom stereocenters.